The van der Waals surface area contributed by atoms with Crippen molar-refractivity contribution in [1.29, 1.82) is 5.26 Å². The molecule has 14 heavy (non-hydrogen) atoms. The summed E-state index contributed by atoms with van der Waals surface area (Å²) in [6, 6.07) is 5.62. The van der Waals surface area contributed by atoms with Gasteiger partial charge in [-0.05, 0) is 18.1 Å². The zero-order valence-electron chi connectivity index (χ0n) is 7.30. The Kier molecular flexibility index (Phi) is 3.52. The van der Waals surface area contributed by atoms with Gasteiger partial charge in [0.25, 0.3) is 6.43 Å². The Morgan fingerprint density at radius 1 is 1.36 bits per heavy atom. The quantitative estimate of drug-likeness (QED) is 0.733. The van der Waals surface area contributed by atoms with Gasteiger partial charge in [-0.3, -0.25) is 0 Å². The minimum atomic E-state index is -2.83. The number of halogens is 3. The summed E-state index contributed by atoms with van der Waals surface area (Å²) >= 11 is 0. The molecule has 1 nitrogen and oxygen atoms in total. The van der Waals surface area contributed by atoms with E-state index < -0.39 is 17.8 Å². The Morgan fingerprint density at radius 3 is 2.64 bits per heavy atom. The van der Waals surface area contributed by atoms with Crippen molar-refractivity contribution in [3.05, 3.63) is 35.1 Å². The lowest BCUT2D eigenvalue weighted by molar-refractivity contribution is 0.145. The Morgan fingerprint density at radius 2 is 2.07 bits per heavy atom. The first-order valence-electron chi connectivity index (χ1n) is 4.09. The molecule has 4 heteroatoms. The third kappa shape index (κ3) is 2.25. The molecule has 1 rings (SSSR count). The van der Waals surface area contributed by atoms with E-state index >= 15 is 0 Å². The van der Waals surface area contributed by atoms with Gasteiger partial charge in [0.15, 0.2) is 0 Å². The van der Waals surface area contributed by atoms with Gasteiger partial charge < -0.3 is 0 Å². The first-order chi connectivity index (χ1) is 6.66. The number of benzene rings is 1. The first-order valence-corrected chi connectivity index (χ1v) is 4.09. The monoisotopic (exact) mass is 199 g/mol. The van der Waals surface area contributed by atoms with Crippen LogP contribution in [0.1, 0.15) is 24.0 Å². The molecule has 0 unspecified atom stereocenters. The van der Waals surface area contributed by atoms with Crippen LogP contribution in [0, 0.1) is 17.1 Å². The second-order valence-electron chi connectivity index (χ2n) is 2.77. The highest BCUT2D eigenvalue weighted by Gasteiger charge is 2.17. The molecular weight excluding hydrogens is 191 g/mol. The van der Waals surface area contributed by atoms with Crippen LogP contribution >= 0.6 is 0 Å². The van der Waals surface area contributed by atoms with Gasteiger partial charge in [-0.1, -0.05) is 12.1 Å². The summed E-state index contributed by atoms with van der Waals surface area (Å²) in [5.74, 6) is -0.907. The highest BCUT2D eigenvalue weighted by Crippen LogP contribution is 2.26. The molecule has 0 heterocycles. The lowest BCUT2D eigenvalue weighted by atomic mass is 10.0. The van der Waals surface area contributed by atoms with Crippen LogP contribution in [-0.4, -0.2) is 0 Å². The minimum Gasteiger partial charge on any atom is -0.206 e. The van der Waals surface area contributed by atoms with Crippen LogP contribution in [0.15, 0.2) is 18.2 Å². The Balaban J connectivity index is 3.03. The van der Waals surface area contributed by atoms with E-state index in [2.05, 4.69) is 0 Å². The maximum Gasteiger partial charge on any atom is 0.266 e. The first kappa shape index (κ1) is 10.6. The third-order valence-corrected chi connectivity index (χ3v) is 1.87. The average Bonchev–Trinajstić information content (AvgIpc) is 2.14. The molecule has 0 fully saturated rings. The molecule has 0 N–H and O–H groups in total. The molecule has 0 bridgehead atoms. The smallest absolute Gasteiger partial charge is 0.206 e. The summed E-state index contributed by atoms with van der Waals surface area (Å²) in [5, 5.41) is 8.30. The van der Waals surface area contributed by atoms with Crippen LogP contribution in [0.5, 0.6) is 0 Å². The van der Waals surface area contributed by atoms with Crippen molar-refractivity contribution in [2.45, 2.75) is 19.3 Å². The molecule has 0 saturated carbocycles. The topological polar surface area (TPSA) is 23.8 Å². The molecule has 0 saturated heterocycles. The van der Waals surface area contributed by atoms with Crippen LogP contribution in [0.25, 0.3) is 0 Å². The minimum absolute atomic E-state index is 0.114. The van der Waals surface area contributed by atoms with Crippen LogP contribution in [0.4, 0.5) is 13.2 Å². The third-order valence-electron chi connectivity index (χ3n) is 1.87. The average molecular weight is 199 g/mol. The van der Waals surface area contributed by atoms with Gasteiger partial charge >= 0.3 is 0 Å². The van der Waals surface area contributed by atoms with Crippen molar-refractivity contribution in [2.75, 3.05) is 0 Å². The number of nitrogens with zero attached hydrogens (tertiary/aromatic N) is 1. The van der Waals surface area contributed by atoms with E-state index in [1.807, 2.05) is 6.07 Å². The number of hydrogen-bond donors (Lipinski definition) is 0. The molecule has 0 aliphatic carbocycles. The fourth-order valence-electron chi connectivity index (χ4n) is 1.23. The van der Waals surface area contributed by atoms with Gasteiger partial charge in [0.05, 0.1) is 11.6 Å². The van der Waals surface area contributed by atoms with E-state index in [9.17, 15) is 13.2 Å². The highest BCUT2D eigenvalue weighted by atomic mass is 19.3. The zero-order valence-corrected chi connectivity index (χ0v) is 7.30. The van der Waals surface area contributed by atoms with Gasteiger partial charge in [0, 0.05) is 6.42 Å². The number of rotatable bonds is 3. The summed E-state index contributed by atoms with van der Waals surface area (Å²) in [6.45, 7) is 0. The molecule has 0 aliphatic heterocycles. The highest BCUT2D eigenvalue weighted by molar-refractivity contribution is 5.30. The number of aryl methyl sites for hydroxylation is 1. The van der Waals surface area contributed by atoms with Crippen LogP contribution in [0.2, 0.25) is 0 Å². The van der Waals surface area contributed by atoms with Crippen molar-refractivity contribution < 1.29 is 13.2 Å². The van der Waals surface area contributed by atoms with E-state index in [0.717, 1.165) is 6.07 Å². The SMILES string of the molecule is N#CCCc1cccc(F)c1C(F)F. The van der Waals surface area contributed by atoms with Crippen molar-refractivity contribution >= 4 is 0 Å². The van der Waals surface area contributed by atoms with Crippen LogP contribution in [0.3, 0.4) is 0 Å². The molecule has 0 aromatic heterocycles. The van der Waals surface area contributed by atoms with E-state index in [1.165, 1.54) is 12.1 Å². The molecule has 0 spiro atoms. The molecule has 0 amide bonds. The number of hydrogen-bond acceptors (Lipinski definition) is 1. The normalized spacial score (nSPS) is 10.2. The Labute approximate surface area is 79.8 Å². The summed E-state index contributed by atoms with van der Waals surface area (Å²) < 4.78 is 37.8. The second-order valence-corrected chi connectivity index (χ2v) is 2.77. The van der Waals surface area contributed by atoms with Crippen molar-refractivity contribution in [3.63, 3.8) is 0 Å². The van der Waals surface area contributed by atoms with Crippen LogP contribution in [-0.2, 0) is 6.42 Å². The van der Waals surface area contributed by atoms with Crippen LogP contribution < -0.4 is 0 Å². The van der Waals surface area contributed by atoms with Gasteiger partial charge in [-0.25, -0.2) is 13.2 Å². The fraction of sp³-hybridized carbons (Fsp3) is 0.300. The molecule has 74 valence electrons. The van der Waals surface area contributed by atoms with Gasteiger partial charge in [0.2, 0.25) is 0 Å². The van der Waals surface area contributed by atoms with Crippen molar-refractivity contribution in [3.8, 4) is 6.07 Å². The summed E-state index contributed by atoms with van der Waals surface area (Å²) in [4.78, 5) is 0. The Hall–Kier alpha value is -1.50. The predicted octanol–water partition coefficient (Wildman–Crippen LogP) is 3.22. The summed E-state index contributed by atoms with van der Waals surface area (Å²) in [5.41, 5.74) is -0.371. The molecular formula is C10H8F3N. The van der Waals surface area contributed by atoms with Gasteiger partial charge in [-0.15, -0.1) is 0 Å². The zero-order chi connectivity index (χ0) is 10.6. The Bertz CT molecular complexity index is 355. The maximum absolute atomic E-state index is 13.0. The molecule has 0 aliphatic rings. The molecule has 0 atom stereocenters. The maximum atomic E-state index is 13.0. The van der Waals surface area contributed by atoms with E-state index in [-0.39, 0.29) is 18.4 Å². The second kappa shape index (κ2) is 4.66. The van der Waals surface area contributed by atoms with Crippen molar-refractivity contribution in [2.24, 2.45) is 0 Å². The van der Waals surface area contributed by atoms with Gasteiger partial charge in [-0.2, -0.15) is 5.26 Å². The van der Waals surface area contributed by atoms with Crippen molar-refractivity contribution in [1.82, 2.24) is 0 Å². The number of alkyl halides is 2. The molecule has 0 radical (unpaired) electrons. The molecule has 1 aromatic rings. The number of nitriles is 1. The summed E-state index contributed by atoms with van der Waals surface area (Å²) in [6.07, 6.45) is -2.55. The fourth-order valence-corrected chi connectivity index (χ4v) is 1.23. The standard InChI is InChI=1S/C10H8F3N/c11-8-5-1-3-7(4-2-6-14)9(8)10(12)13/h1,3,5,10H,2,4H2. The van der Waals surface area contributed by atoms with E-state index in [1.54, 1.807) is 0 Å². The predicted molar refractivity (Wildman–Crippen MR) is 45.3 cm³/mol. The van der Waals surface area contributed by atoms with E-state index in [4.69, 9.17) is 5.26 Å². The van der Waals surface area contributed by atoms with E-state index in [0.29, 0.717) is 0 Å². The lowest BCUT2D eigenvalue weighted by Gasteiger charge is -2.07. The lowest BCUT2D eigenvalue weighted by Crippen LogP contribution is -1.98. The van der Waals surface area contributed by atoms with Gasteiger partial charge in [0.1, 0.15) is 5.82 Å². The largest absolute Gasteiger partial charge is 0.266 e. The summed E-state index contributed by atoms with van der Waals surface area (Å²) in [7, 11) is 0. The molecule has 1 aromatic carbocycles.